The van der Waals surface area contributed by atoms with Crippen molar-refractivity contribution in [2.45, 2.75) is 6.61 Å². The molecule has 0 bridgehead atoms. The molecule has 0 aliphatic rings. The van der Waals surface area contributed by atoms with Crippen molar-refractivity contribution in [1.82, 2.24) is 4.98 Å². The van der Waals surface area contributed by atoms with Gasteiger partial charge in [-0.1, -0.05) is 35.5 Å². The Balaban J connectivity index is 2.04. The highest BCUT2D eigenvalue weighted by Crippen LogP contribution is 2.12. The summed E-state index contributed by atoms with van der Waals surface area (Å²) in [7, 11) is 1.20. The fourth-order valence-corrected chi connectivity index (χ4v) is 1.64. The SMILES string of the molecule is COC(=O)/C(=N\O)c1ccc(OCc2ccccc2)cn1. The molecule has 1 N–H and O–H groups in total. The van der Waals surface area contributed by atoms with Crippen LogP contribution in [-0.2, 0) is 16.1 Å². The molecular weight excluding hydrogens is 272 g/mol. The number of ether oxygens (including phenoxy) is 2. The van der Waals surface area contributed by atoms with Crippen LogP contribution in [0.25, 0.3) is 0 Å². The first kappa shape index (κ1) is 14.5. The van der Waals surface area contributed by atoms with Crippen LogP contribution in [0.5, 0.6) is 5.75 Å². The molecule has 1 aromatic carbocycles. The Hall–Kier alpha value is -2.89. The van der Waals surface area contributed by atoms with Crippen LogP contribution in [0.3, 0.4) is 0 Å². The van der Waals surface area contributed by atoms with Gasteiger partial charge in [0, 0.05) is 0 Å². The first-order valence-electron chi connectivity index (χ1n) is 6.18. The summed E-state index contributed by atoms with van der Waals surface area (Å²) in [5.74, 6) is -0.215. The number of benzene rings is 1. The van der Waals surface area contributed by atoms with E-state index in [1.54, 1.807) is 6.07 Å². The fourth-order valence-electron chi connectivity index (χ4n) is 1.64. The van der Waals surface area contributed by atoms with Gasteiger partial charge in [-0.15, -0.1) is 0 Å². The average molecular weight is 286 g/mol. The second-order valence-corrected chi connectivity index (χ2v) is 4.09. The molecule has 2 rings (SSSR count). The molecule has 0 atom stereocenters. The Bertz CT molecular complexity index is 624. The first-order valence-corrected chi connectivity index (χ1v) is 6.18. The van der Waals surface area contributed by atoms with Crippen LogP contribution in [0.2, 0.25) is 0 Å². The minimum absolute atomic E-state index is 0.205. The number of carbonyl (C=O) groups excluding carboxylic acids is 1. The zero-order valence-corrected chi connectivity index (χ0v) is 11.4. The Labute approximate surface area is 121 Å². The molecule has 0 aliphatic carbocycles. The fraction of sp³-hybridized carbons (Fsp3) is 0.133. The maximum atomic E-state index is 11.4. The molecule has 0 saturated heterocycles. The molecule has 1 heterocycles. The van der Waals surface area contributed by atoms with Crippen molar-refractivity contribution < 1.29 is 19.5 Å². The van der Waals surface area contributed by atoms with Gasteiger partial charge in [-0.05, 0) is 17.7 Å². The van der Waals surface area contributed by atoms with Gasteiger partial charge in [0.15, 0.2) is 0 Å². The number of hydrogen-bond acceptors (Lipinski definition) is 6. The monoisotopic (exact) mass is 286 g/mol. The molecule has 0 radical (unpaired) electrons. The van der Waals surface area contributed by atoms with Crippen LogP contribution >= 0.6 is 0 Å². The van der Waals surface area contributed by atoms with Gasteiger partial charge in [0.25, 0.3) is 0 Å². The van der Waals surface area contributed by atoms with E-state index in [4.69, 9.17) is 9.94 Å². The van der Waals surface area contributed by atoms with Crippen molar-refractivity contribution >= 4 is 11.7 Å². The smallest absolute Gasteiger partial charge is 0.362 e. The van der Waals surface area contributed by atoms with Gasteiger partial charge in [0.2, 0.25) is 5.71 Å². The molecule has 108 valence electrons. The van der Waals surface area contributed by atoms with Crippen molar-refractivity contribution in [3.8, 4) is 5.75 Å². The maximum absolute atomic E-state index is 11.4. The quantitative estimate of drug-likeness (QED) is 0.393. The van der Waals surface area contributed by atoms with E-state index in [0.29, 0.717) is 12.4 Å². The molecule has 0 amide bonds. The molecule has 0 unspecified atom stereocenters. The van der Waals surface area contributed by atoms with E-state index in [0.717, 1.165) is 5.56 Å². The summed E-state index contributed by atoms with van der Waals surface area (Å²) in [5.41, 5.74) is 0.984. The highest BCUT2D eigenvalue weighted by atomic mass is 16.5. The number of methoxy groups -OCH3 is 1. The summed E-state index contributed by atoms with van der Waals surface area (Å²) in [4.78, 5) is 15.4. The molecule has 0 fully saturated rings. The predicted molar refractivity (Wildman–Crippen MR) is 75.4 cm³/mol. The highest BCUT2D eigenvalue weighted by molar-refractivity contribution is 6.42. The van der Waals surface area contributed by atoms with Gasteiger partial charge in [0.1, 0.15) is 12.4 Å². The Morgan fingerprint density at radius 1 is 1.24 bits per heavy atom. The third kappa shape index (κ3) is 3.79. The van der Waals surface area contributed by atoms with Crippen molar-refractivity contribution in [1.29, 1.82) is 0 Å². The van der Waals surface area contributed by atoms with Crippen molar-refractivity contribution in [3.63, 3.8) is 0 Å². The predicted octanol–water partition coefficient (Wildman–Crippen LogP) is 2.01. The van der Waals surface area contributed by atoms with Crippen LogP contribution in [-0.4, -0.2) is 29.0 Å². The number of pyridine rings is 1. The van der Waals surface area contributed by atoms with Crippen molar-refractivity contribution in [3.05, 3.63) is 59.9 Å². The normalized spacial score (nSPS) is 11.0. The van der Waals surface area contributed by atoms with Crippen molar-refractivity contribution in [2.24, 2.45) is 5.16 Å². The van der Waals surface area contributed by atoms with E-state index in [1.807, 2.05) is 30.3 Å². The number of aromatic nitrogens is 1. The standard InChI is InChI=1S/C15H14N2O4/c1-20-15(18)14(17-19)13-8-7-12(9-16-13)21-10-11-5-3-2-4-6-11/h2-9,19H,10H2,1H3/b17-14-. The van der Waals surface area contributed by atoms with E-state index < -0.39 is 5.97 Å². The van der Waals surface area contributed by atoms with E-state index >= 15 is 0 Å². The number of nitrogens with zero attached hydrogens (tertiary/aromatic N) is 2. The lowest BCUT2D eigenvalue weighted by Gasteiger charge is -2.07. The Morgan fingerprint density at radius 2 is 2.00 bits per heavy atom. The lowest BCUT2D eigenvalue weighted by Crippen LogP contribution is -2.18. The zero-order valence-electron chi connectivity index (χ0n) is 11.4. The topological polar surface area (TPSA) is 81.0 Å². The second kappa shape index (κ2) is 7.04. The average Bonchev–Trinajstić information content (AvgIpc) is 2.55. The van der Waals surface area contributed by atoms with Crippen LogP contribution in [0.15, 0.2) is 53.8 Å². The highest BCUT2D eigenvalue weighted by Gasteiger charge is 2.16. The third-order valence-corrected chi connectivity index (χ3v) is 2.71. The van der Waals surface area contributed by atoms with Crippen molar-refractivity contribution in [2.75, 3.05) is 7.11 Å². The van der Waals surface area contributed by atoms with E-state index in [-0.39, 0.29) is 11.4 Å². The summed E-state index contributed by atoms with van der Waals surface area (Å²) in [6.45, 7) is 0.416. The van der Waals surface area contributed by atoms with Gasteiger partial charge in [0.05, 0.1) is 19.0 Å². The van der Waals surface area contributed by atoms with E-state index in [2.05, 4.69) is 14.9 Å². The molecule has 0 spiro atoms. The van der Waals surface area contributed by atoms with Crippen LogP contribution in [0, 0.1) is 0 Å². The first-order chi connectivity index (χ1) is 10.2. The van der Waals surface area contributed by atoms with Crippen LogP contribution in [0.1, 0.15) is 11.3 Å². The lowest BCUT2D eigenvalue weighted by molar-refractivity contribution is -0.132. The number of oxime groups is 1. The minimum Gasteiger partial charge on any atom is -0.487 e. The van der Waals surface area contributed by atoms with E-state index in [1.165, 1.54) is 19.4 Å². The maximum Gasteiger partial charge on any atom is 0.362 e. The largest absolute Gasteiger partial charge is 0.487 e. The number of rotatable bonds is 5. The summed E-state index contributed by atoms with van der Waals surface area (Å²) in [6.07, 6.45) is 1.45. The third-order valence-electron chi connectivity index (χ3n) is 2.71. The van der Waals surface area contributed by atoms with Crippen LogP contribution < -0.4 is 4.74 Å². The molecule has 0 saturated carbocycles. The summed E-state index contributed by atoms with van der Waals surface area (Å²) < 4.78 is 10.1. The molecule has 6 nitrogen and oxygen atoms in total. The minimum atomic E-state index is -0.761. The molecule has 6 heteroatoms. The number of hydrogen-bond donors (Lipinski definition) is 1. The van der Waals surface area contributed by atoms with Gasteiger partial charge in [-0.3, -0.25) is 4.98 Å². The number of carbonyl (C=O) groups is 1. The van der Waals surface area contributed by atoms with Gasteiger partial charge in [-0.25, -0.2) is 4.79 Å². The summed E-state index contributed by atoms with van der Waals surface area (Å²) in [5, 5.41) is 11.7. The molecular formula is C15H14N2O4. The molecule has 2 aromatic rings. The van der Waals surface area contributed by atoms with E-state index in [9.17, 15) is 4.79 Å². The second-order valence-electron chi connectivity index (χ2n) is 4.09. The Morgan fingerprint density at radius 3 is 2.57 bits per heavy atom. The molecule has 21 heavy (non-hydrogen) atoms. The number of esters is 1. The lowest BCUT2D eigenvalue weighted by atomic mass is 10.2. The van der Waals surface area contributed by atoms with Gasteiger partial charge >= 0.3 is 5.97 Å². The summed E-state index contributed by atoms with van der Waals surface area (Å²) in [6, 6.07) is 12.9. The van der Waals surface area contributed by atoms with Gasteiger partial charge in [-0.2, -0.15) is 0 Å². The van der Waals surface area contributed by atoms with Crippen LogP contribution in [0.4, 0.5) is 0 Å². The molecule has 1 aromatic heterocycles. The zero-order chi connectivity index (χ0) is 15.1. The summed E-state index contributed by atoms with van der Waals surface area (Å²) >= 11 is 0. The van der Waals surface area contributed by atoms with Gasteiger partial charge < -0.3 is 14.7 Å². The Kier molecular flexibility index (Phi) is 4.87. The molecule has 0 aliphatic heterocycles.